The maximum Gasteiger partial charge on any atom is 0.261 e. The lowest BCUT2D eigenvalue weighted by atomic mass is 10.1. The van der Waals surface area contributed by atoms with Gasteiger partial charge in [0, 0.05) is 65.6 Å². The minimum absolute atomic E-state index is 0.0860. The van der Waals surface area contributed by atoms with Gasteiger partial charge in [0.15, 0.2) is 11.5 Å². The van der Waals surface area contributed by atoms with E-state index in [-0.39, 0.29) is 47.8 Å². The van der Waals surface area contributed by atoms with Crippen molar-refractivity contribution in [3.05, 3.63) is 130 Å². The molecular formula is C48H45N5O6S. The van der Waals surface area contributed by atoms with E-state index in [1.54, 1.807) is 24.1 Å². The van der Waals surface area contributed by atoms with Crippen LogP contribution in [0.3, 0.4) is 0 Å². The molecular weight excluding hydrogens is 775 g/mol. The molecule has 5 aromatic carbocycles. The Bertz CT molecular complexity index is 2630. The van der Waals surface area contributed by atoms with E-state index in [4.69, 9.17) is 24.2 Å². The van der Waals surface area contributed by atoms with Gasteiger partial charge >= 0.3 is 0 Å². The Balaban J connectivity index is 0.962. The highest BCUT2D eigenvalue weighted by molar-refractivity contribution is 7.81. The largest absolute Gasteiger partial charge is 0.493 e. The Morgan fingerprint density at radius 2 is 1.28 bits per heavy atom. The van der Waals surface area contributed by atoms with Crippen molar-refractivity contribution in [1.29, 1.82) is 0 Å². The van der Waals surface area contributed by atoms with Crippen molar-refractivity contribution in [3.8, 4) is 17.2 Å². The molecule has 4 aliphatic rings. The molecule has 0 bridgehead atoms. The highest BCUT2D eigenvalue weighted by Crippen LogP contribution is 2.42. The molecule has 1 N–H and O–H groups in total. The van der Waals surface area contributed by atoms with Gasteiger partial charge in [-0.25, -0.2) is 0 Å². The van der Waals surface area contributed by atoms with Gasteiger partial charge < -0.3 is 19.5 Å². The Kier molecular flexibility index (Phi) is 10.2. The number of anilines is 3. The van der Waals surface area contributed by atoms with E-state index in [0.29, 0.717) is 71.1 Å². The molecule has 5 aromatic rings. The zero-order valence-corrected chi connectivity index (χ0v) is 34.8. The summed E-state index contributed by atoms with van der Waals surface area (Å²) in [5, 5.41) is 3.05. The minimum atomic E-state index is -0.296. The number of hydrogen-bond acceptors (Lipinski definition) is 9. The van der Waals surface area contributed by atoms with Gasteiger partial charge in [0.25, 0.3) is 11.8 Å². The van der Waals surface area contributed by atoms with Gasteiger partial charge in [0.05, 0.1) is 41.7 Å². The average molecular weight is 820 g/mol. The van der Waals surface area contributed by atoms with Gasteiger partial charge in [-0.05, 0) is 83.6 Å². The lowest BCUT2D eigenvalue weighted by Crippen LogP contribution is -2.37. The zero-order valence-electron chi connectivity index (χ0n) is 33.9. The molecule has 12 heteroatoms. The van der Waals surface area contributed by atoms with Crippen LogP contribution in [0.1, 0.15) is 75.2 Å². The monoisotopic (exact) mass is 819 g/mol. The van der Waals surface area contributed by atoms with Crippen molar-refractivity contribution < 1.29 is 28.6 Å². The van der Waals surface area contributed by atoms with Crippen LogP contribution in [0.5, 0.6) is 17.2 Å². The average Bonchev–Trinajstić information content (AvgIpc) is 3.72. The summed E-state index contributed by atoms with van der Waals surface area (Å²) in [6.45, 7) is 6.15. The molecule has 0 aromatic heterocycles. The van der Waals surface area contributed by atoms with Crippen molar-refractivity contribution in [3.63, 3.8) is 0 Å². The van der Waals surface area contributed by atoms with Crippen LogP contribution in [0.4, 0.5) is 28.4 Å². The molecule has 4 aliphatic heterocycles. The van der Waals surface area contributed by atoms with Crippen LogP contribution in [0, 0.1) is 6.92 Å². The summed E-state index contributed by atoms with van der Waals surface area (Å²) >= 11 is 4.59. The number of hydrogen-bond donors (Lipinski definition) is 2. The Morgan fingerprint density at radius 1 is 0.750 bits per heavy atom. The van der Waals surface area contributed by atoms with Crippen molar-refractivity contribution >= 4 is 71.2 Å². The van der Waals surface area contributed by atoms with Crippen LogP contribution < -0.4 is 29.3 Å². The molecule has 0 saturated carbocycles. The number of benzene rings is 5. The van der Waals surface area contributed by atoms with E-state index >= 15 is 0 Å². The predicted molar refractivity (Wildman–Crippen MR) is 238 cm³/mol. The topological polar surface area (TPSA) is 122 Å². The van der Waals surface area contributed by atoms with Crippen LogP contribution in [-0.4, -0.2) is 54.1 Å². The number of nitrogens with one attached hydrogen (secondary N) is 1. The number of aryl methyl sites for hydroxylation is 1. The van der Waals surface area contributed by atoms with Crippen LogP contribution in [0.2, 0.25) is 0 Å². The number of rotatable bonds is 11. The van der Waals surface area contributed by atoms with E-state index in [2.05, 4.69) is 24.0 Å². The fourth-order valence-electron chi connectivity index (χ4n) is 8.36. The van der Waals surface area contributed by atoms with E-state index < -0.39 is 0 Å². The van der Waals surface area contributed by atoms with Crippen LogP contribution in [0.15, 0.2) is 101 Å². The molecule has 0 spiro atoms. The van der Waals surface area contributed by atoms with Crippen molar-refractivity contribution in [2.45, 2.75) is 76.5 Å². The fraction of sp³-hybridized carbons (Fsp3) is 0.271. The van der Waals surface area contributed by atoms with Gasteiger partial charge in [0.1, 0.15) is 19.0 Å². The molecule has 2 atom stereocenters. The minimum Gasteiger partial charge on any atom is -0.493 e. The highest BCUT2D eigenvalue weighted by atomic mass is 32.1. The molecule has 0 unspecified atom stereocenters. The summed E-state index contributed by atoms with van der Waals surface area (Å²) in [6, 6.07) is 28.4. The summed E-state index contributed by atoms with van der Waals surface area (Å²) < 4.78 is 18.3. The third-order valence-corrected chi connectivity index (χ3v) is 11.6. The van der Waals surface area contributed by atoms with Crippen LogP contribution >= 0.6 is 12.6 Å². The van der Waals surface area contributed by atoms with Gasteiger partial charge in [-0.2, -0.15) is 12.6 Å². The molecule has 304 valence electrons. The Labute approximate surface area is 354 Å². The zero-order chi connectivity index (χ0) is 41.7. The SMILES string of the molecule is COc1cc2c(cc1OCc1cc(COc3cc4c(cc3C)C(=O)N3c5ccccc5C[C@H]3C=N4)cc(NC(=O)CCC(C)(C)S)c1)N=C[C@@H]1Cc3ccccc3N1C2=O. The first kappa shape index (κ1) is 39.1. The summed E-state index contributed by atoms with van der Waals surface area (Å²) in [6.07, 6.45) is 5.99. The third-order valence-electron chi connectivity index (χ3n) is 11.4. The molecule has 3 amide bonds. The summed E-state index contributed by atoms with van der Waals surface area (Å²) in [7, 11) is 1.54. The number of methoxy groups -OCH3 is 1. The molecule has 0 radical (unpaired) electrons. The number of carbonyl (C=O) groups is 3. The van der Waals surface area contributed by atoms with E-state index in [1.165, 1.54) is 0 Å². The van der Waals surface area contributed by atoms with Gasteiger partial charge in [-0.1, -0.05) is 50.2 Å². The van der Waals surface area contributed by atoms with Crippen molar-refractivity contribution in [2.75, 3.05) is 22.2 Å². The number of ether oxygens (including phenoxy) is 3. The maximum absolute atomic E-state index is 13.9. The second-order valence-corrected chi connectivity index (χ2v) is 17.5. The van der Waals surface area contributed by atoms with Crippen LogP contribution in [0.25, 0.3) is 0 Å². The normalized spacial score (nSPS) is 17.1. The first-order valence-electron chi connectivity index (χ1n) is 20.1. The lowest BCUT2D eigenvalue weighted by molar-refractivity contribution is -0.116. The Morgan fingerprint density at radius 3 is 1.85 bits per heavy atom. The maximum atomic E-state index is 13.9. The molecule has 9 rings (SSSR count). The highest BCUT2D eigenvalue weighted by Gasteiger charge is 2.38. The number of carbonyl (C=O) groups excluding carboxylic acids is 3. The number of amides is 3. The molecule has 60 heavy (non-hydrogen) atoms. The van der Waals surface area contributed by atoms with Gasteiger partial charge in [-0.3, -0.25) is 34.2 Å². The first-order chi connectivity index (χ1) is 28.9. The third kappa shape index (κ3) is 7.63. The smallest absolute Gasteiger partial charge is 0.261 e. The summed E-state index contributed by atoms with van der Waals surface area (Å²) in [5.74, 6) is 1.05. The van der Waals surface area contributed by atoms with E-state index in [0.717, 1.165) is 39.2 Å². The quantitative estimate of drug-likeness (QED) is 0.128. The van der Waals surface area contributed by atoms with Crippen LogP contribution in [-0.2, 0) is 30.8 Å². The van der Waals surface area contributed by atoms with Gasteiger partial charge in [0.2, 0.25) is 5.91 Å². The van der Waals surface area contributed by atoms with Crippen molar-refractivity contribution in [1.82, 2.24) is 0 Å². The molecule has 4 heterocycles. The molecule has 0 saturated heterocycles. The molecule has 11 nitrogen and oxygen atoms in total. The lowest BCUT2D eigenvalue weighted by Gasteiger charge is -2.22. The second-order valence-electron chi connectivity index (χ2n) is 16.3. The molecule has 0 aliphatic carbocycles. The van der Waals surface area contributed by atoms with E-state index in [9.17, 15) is 14.4 Å². The number of thiol groups is 1. The summed E-state index contributed by atoms with van der Waals surface area (Å²) in [4.78, 5) is 54.1. The number of para-hydroxylation sites is 2. The summed E-state index contributed by atoms with van der Waals surface area (Å²) in [5.41, 5.74) is 9.00. The van der Waals surface area contributed by atoms with E-state index in [1.807, 2.05) is 111 Å². The number of aliphatic imine (C=N–C) groups is 2. The Hall–Kier alpha value is -6.40. The molecule has 0 fully saturated rings. The fourth-order valence-corrected chi connectivity index (χ4v) is 8.47. The first-order valence-corrected chi connectivity index (χ1v) is 20.6. The predicted octanol–water partition coefficient (Wildman–Crippen LogP) is 9.16. The number of nitrogens with zero attached hydrogens (tertiary/aromatic N) is 4. The van der Waals surface area contributed by atoms with Crippen molar-refractivity contribution in [2.24, 2.45) is 9.98 Å². The number of fused-ring (bicyclic) bond motifs is 8. The second kappa shape index (κ2) is 15.6. The van der Waals surface area contributed by atoms with Gasteiger partial charge in [-0.15, -0.1) is 0 Å². The standard InChI is InChI=1S/C48H45N5O6S/c1-28-15-36-38(49-24-34-19-31-9-5-7-11-40(31)52(34)46(36)55)22-42(28)58-26-29-16-30(18-33(17-29)51-45(54)13-14-48(2,3)60)27-59-44-23-39-37(21-43(44)57-4)47(56)53-35(25-50-39)20-32-10-6-8-12-41(32)53/h5-12,15-18,21-25,34-35,60H,13-14,19-20,26-27H2,1-4H3,(H,51,54)/t34-,35-/m0/s1.